The number of methoxy groups -OCH3 is 2. The van der Waals surface area contributed by atoms with E-state index in [4.69, 9.17) is 9.47 Å². The minimum Gasteiger partial charge on any atom is -0.496 e. The molecule has 7 heteroatoms. The van der Waals surface area contributed by atoms with Crippen LogP contribution in [0.4, 0.5) is 0 Å². The summed E-state index contributed by atoms with van der Waals surface area (Å²) >= 11 is 0. The Kier molecular flexibility index (Phi) is 7.74. The van der Waals surface area contributed by atoms with Crippen LogP contribution in [0, 0.1) is 27.7 Å². The van der Waals surface area contributed by atoms with Crippen LogP contribution in [0.1, 0.15) is 57.9 Å². The first-order chi connectivity index (χ1) is 19.2. The van der Waals surface area contributed by atoms with Gasteiger partial charge in [-0.25, -0.2) is 0 Å². The maximum Gasteiger partial charge on any atom is 0.185 e. The molecule has 2 heterocycles. The molecule has 0 atom stereocenters. The molecule has 0 amide bonds. The molecular weight excluding hydrogens is 500 g/mol. The highest BCUT2D eigenvalue weighted by molar-refractivity contribution is 6.15. The van der Waals surface area contributed by atoms with E-state index in [1.54, 1.807) is 14.2 Å². The molecule has 40 heavy (non-hydrogen) atoms. The number of ketones is 1. The van der Waals surface area contributed by atoms with Crippen LogP contribution in [0.15, 0.2) is 59.7 Å². The van der Waals surface area contributed by atoms with Crippen LogP contribution in [0.25, 0.3) is 12.2 Å². The Morgan fingerprint density at radius 3 is 1.48 bits per heavy atom. The molecule has 5 rings (SSSR count). The Bertz CT molecular complexity index is 1520. The average molecular weight is 537 g/mol. The highest BCUT2D eigenvalue weighted by Gasteiger charge is 2.23. The highest BCUT2D eigenvalue weighted by Crippen LogP contribution is 2.32. The van der Waals surface area contributed by atoms with Gasteiger partial charge in [-0.05, 0) is 100 Å². The normalized spacial score (nSPS) is 15.4. The first-order valence-electron chi connectivity index (χ1n) is 13.6. The van der Waals surface area contributed by atoms with E-state index in [9.17, 15) is 4.79 Å². The number of benzene rings is 2. The van der Waals surface area contributed by atoms with E-state index in [2.05, 4.69) is 48.3 Å². The number of Topliss-reactive ketones (excluding diaryl/α,β-unsaturated/α-hetero) is 1. The molecule has 1 fully saturated rings. The number of ether oxygens (including phenoxy) is 2. The third-order valence-electron chi connectivity index (χ3n) is 7.38. The summed E-state index contributed by atoms with van der Waals surface area (Å²) in [5.74, 6) is 1.72. The third-order valence-corrected chi connectivity index (χ3v) is 7.38. The number of carbonyl (C=O) groups is 1. The van der Waals surface area contributed by atoms with Gasteiger partial charge in [0.1, 0.15) is 11.5 Å². The quantitative estimate of drug-likeness (QED) is 0.249. The summed E-state index contributed by atoms with van der Waals surface area (Å²) in [6, 6.07) is 16.2. The number of aromatic nitrogens is 4. The van der Waals surface area contributed by atoms with Gasteiger partial charge in [-0.2, -0.15) is 10.2 Å². The summed E-state index contributed by atoms with van der Waals surface area (Å²) in [7, 11) is 3.36. The number of nitrogens with zero attached hydrogens (tertiary/aromatic N) is 4. The maximum atomic E-state index is 13.4. The zero-order valence-corrected chi connectivity index (χ0v) is 24.1. The fraction of sp³-hybridized carbons (Fsp3) is 0.303. The molecule has 2 aromatic heterocycles. The van der Waals surface area contributed by atoms with Gasteiger partial charge in [-0.3, -0.25) is 14.2 Å². The number of hydrogen-bond acceptors (Lipinski definition) is 5. The lowest BCUT2D eigenvalue weighted by Gasteiger charge is -2.11. The zero-order chi connectivity index (χ0) is 28.4. The van der Waals surface area contributed by atoms with Crippen LogP contribution in [-0.2, 0) is 17.9 Å². The van der Waals surface area contributed by atoms with Gasteiger partial charge < -0.3 is 9.47 Å². The molecule has 206 valence electrons. The van der Waals surface area contributed by atoms with Crippen LogP contribution >= 0.6 is 0 Å². The van der Waals surface area contributed by atoms with Crippen molar-refractivity contribution in [3.63, 3.8) is 0 Å². The van der Waals surface area contributed by atoms with Crippen molar-refractivity contribution in [2.45, 2.75) is 53.6 Å². The van der Waals surface area contributed by atoms with E-state index in [0.717, 1.165) is 80.5 Å². The first-order valence-corrected chi connectivity index (χ1v) is 13.6. The van der Waals surface area contributed by atoms with Gasteiger partial charge in [0.05, 0.1) is 38.7 Å². The van der Waals surface area contributed by atoms with Crippen molar-refractivity contribution >= 4 is 17.9 Å². The van der Waals surface area contributed by atoms with Gasteiger partial charge in [-0.1, -0.05) is 12.1 Å². The Labute approximate surface area is 235 Å². The third kappa shape index (κ3) is 5.78. The monoisotopic (exact) mass is 536 g/mol. The van der Waals surface area contributed by atoms with Gasteiger partial charge in [0.15, 0.2) is 5.78 Å². The second-order valence-corrected chi connectivity index (χ2v) is 10.5. The highest BCUT2D eigenvalue weighted by atomic mass is 16.5. The molecule has 2 aromatic carbocycles. The minimum atomic E-state index is 0.104. The van der Waals surface area contributed by atoms with Gasteiger partial charge in [0, 0.05) is 33.7 Å². The molecule has 0 bridgehead atoms. The van der Waals surface area contributed by atoms with E-state index in [1.807, 2.05) is 59.6 Å². The van der Waals surface area contributed by atoms with Crippen molar-refractivity contribution < 1.29 is 14.3 Å². The number of allylic oxidation sites excluding steroid dienone is 2. The second-order valence-electron chi connectivity index (χ2n) is 10.5. The van der Waals surface area contributed by atoms with Crippen molar-refractivity contribution in [3.8, 4) is 11.5 Å². The number of aryl methyl sites for hydroxylation is 4. The SMILES string of the molecule is COc1ccc(C=C2CCC(=Cc3ccc(OC)c(Cn4nc(C)cc4C)c3)C2=O)cc1Cn1nc(C)cc1C. The number of rotatable bonds is 8. The lowest BCUT2D eigenvalue weighted by Crippen LogP contribution is -2.06. The summed E-state index contributed by atoms with van der Waals surface area (Å²) in [6.07, 6.45) is 5.46. The summed E-state index contributed by atoms with van der Waals surface area (Å²) in [6.45, 7) is 9.30. The Balaban J connectivity index is 1.38. The van der Waals surface area contributed by atoms with E-state index in [1.165, 1.54) is 0 Å². The molecule has 1 aliphatic rings. The topological polar surface area (TPSA) is 71.2 Å². The van der Waals surface area contributed by atoms with Gasteiger partial charge in [0.25, 0.3) is 0 Å². The summed E-state index contributed by atoms with van der Waals surface area (Å²) in [4.78, 5) is 13.4. The Hall–Kier alpha value is -4.39. The molecule has 1 aliphatic carbocycles. The standard InChI is InChI=1S/C33H36N4O3/c1-21-13-23(3)36(34-21)19-29-17-25(7-11-31(29)39-5)15-27-9-10-28(33(27)38)16-26-8-12-32(40-6)30(18-26)20-37-24(4)14-22(2)35-37/h7-8,11-18H,9-10,19-20H2,1-6H3. The summed E-state index contributed by atoms with van der Waals surface area (Å²) in [5, 5.41) is 9.19. The number of hydrogen-bond donors (Lipinski definition) is 0. The maximum absolute atomic E-state index is 13.4. The van der Waals surface area contributed by atoms with E-state index >= 15 is 0 Å². The fourth-order valence-electron chi connectivity index (χ4n) is 5.40. The van der Waals surface area contributed by atoms with Crippen molar-refractivity contribution in [2.24, 2.45) is 0 Å². The van der Waals surface area contributed by atoms with Gasteiger partial charge in [-0.15, -0.1) is 0 Å². The largest absolute Gasteiger partial charge is 0.496 e. The predicted molar refractivity (Wildman–Crippen MR) is 158 cm³/mol. The lowest BCUT2D eigenvalue weighted by molar-refractivity contribution is -0.111. The van der Waals surface area contributed by atoms with Crippen LogP contribution in [0.5, 0.6) is 11.5 Å². The molecular formula is C33H36N4O3. The molecule has 0 spiro atoms. The van der Waals surface area contributed by atoms with E-state index in [0.29, 0.717) is 13.1 Å². The lowest BCUT2D eigenvalue weighted by atomic mass is 10.0. The second kappa shape index (κ2) is 11.4. The molecule has 7 nitrogen and oxygen atoms in total. The Morgan fingerprint density at radius 2 is 1.12 bits per heavy atom. The van der Waals surface area contributed by atoms with Crippen molar-refractivity contribution in [1.82, 2.24) is 19.6 Å². The summed E-state index contributed by atoms with van der Waals surface area (Å²) < 4.78 is 15.2. The fourth-order valence-corrected chi connectivity index (χ4v) is 5.40. The predicted octanol–water partition coefficient (Wildman–Crippen LogP) is 6.26. The molecule has 0 aliphatic heterocycles. The molecule has 0 saturated heterocycles. The van der Waals surface area contributed by atoms with E-state index < -0.39 is 0 Å². The van der Waals surface area contributed by atoms with Crippen LogP contribution in [0.3, 0.4) is 0 Å². The minimum absolute atomic E-state index is 0.104. The van der Waals surface area contributed by atoms with Crippen LogP contribution in [0.2, 0.25) is 0 Å². The average Bonchev–Trinajstić information content (AvgIpc) is 3.54. The summed E-state index contributed by atoms with van der Waals surface area (Å²) in [5.41, 5.74) is 9.84. The molecule has 0 N–H and O–H groups in total. The van der Waals surface area contributed by atoms with Gasteiger partial charge >= 0.3 is 0 Å². The zero-order valence-electron chi connectivity index (χ0n) is 24.1. The molecule has 0 radical (unpaired) electrons. The van der Waals surface area contributed by atoms with Crippen molar-refractivity contribution in [1.29, 1.82) is 0 Å². The van der Waals surface area contributed by atoms with Crippen molar-refractivity contribution in [3.05, 3.63) is 105 Å². The smallest absolute Gasteiger partial charge is 0.185 e. The first kappa shape index (κ1) is 27.2. The van der Waals surface area contributed by atoms with Gasteiger partial charge in [0.2, 0.25) is 0 Å². The Morgan fingerprint density at radius 1 is 0.700 bits per heavy atom. The molecule has 4 aromatic rings. The van der Waals surface area contributed by atoms with E-state index in [-0.39, 0.29) is 5.78 Å². The molecule has 1 saturated carbocycles. The van der Waals surface area contributed by atoms with Crippen LogP contribution in [-0.4, -0.2) is 39.6 Å². The molecule has 0 unspecified atom stereocenters. The number of carbonyl (C=O) groups excluding carboxylic acids is 1. The van der Waals surface area contributed by atoms with Crippen molar-refractivity contribution in [2.75, 3.05) is 14.2 Å². The van der Waals surface area contributed by atoms with Crippen LogP contribution < -0.4 is 9.47 Å².